The molecule has 1 aliphatic heterocycles. The smallest absolute Gasteiger partial charge is 0.271 e. The molecule has 1 saturated heterocycles. The third-order valence-corrected chi connectivity index (χ3v) is 4.15. The van der Waals surface area contributed by atoms with Crippen LogP contribution in [0.25, 0.3) is 5.69 Å². The predicted octanol–water partition coefficient (Wildman–Crippen LogP) is 2.55. The maximum atomic E-state index is 12.0. The van der Waals surface area contributed by atoms with Crippen LogP contribution in [0.3, 0.4) is 0 Å². The summed E-state index contributed by atoms with van der Waals surface area (Å²) in [6, 6.07) is 6.88. The number of hydrogen-bond acceptors (Lipinski definition) is 3. The standard InChI is InChI=1S/C14H14Cl2N4O.ClH/c15-11-2-1-10(5-12(11)16)20-4-3-13(19-20)14(21)18-8-9-6-17-7-9;/h1-5,9,17H,6-8H2,(H,18,21);1H. The summed E-state index contributed by atoms with van der Waals surface area (Å²) >= 11 is 11.9. The van der Waals surface area contributed by atoms with Crippen molar-refractivity contribution in [2.75, 3.05) is 19.6 Å². The molecule has 0 aliphatic carbocycles. The van der Waals surface area contributed by atoms with E-state index in [1.54, 1.807) is 35.1 Å². The van der Waals surface area contributed by atoms with Crippen molar-refractivity contribution in [3.63, 3.8) is 0 Å². The van der Waals surface area contributed by atoms with E-state index in [1.165, 1.54) is 0 Å². The third-order valence-electron chi connectivity index (χ3n) is 3.41. The maximum Gasteiger partial charge on any atom is 0.271 e. The average molecular weight is 362 g/mol. The van der Waals surface area contributed by atoms with Gasteiger partial charge in [-0.2, -0.15) is 5.10 Å². The fourth-order valence-corrected chi connectivity index (χ4v) is 2.33. The molecule has 1 amide bonds. The number of amides is 1. The molecule has 5 nitrogen and oxygen atoms in total. The number of carbonyl (C=O) groups excluding carboxylic acids is 1. The first kappa shape index (κ1) is 17.1. The number of nitrogens with zero attached hydrogens (tertiary/aromatic N) is 2. The third kappa shape index (κ3) is 3.73. The van der Waals surface area contributed by atoms with E-state index < -0.39 is 0 Å². The van der Waals surface area contributed by atoms with Crippen molar-refractivity contribution >= 4 is 41.5 Å². The fraction of sp³-hybridized carbons (Fsp3) is 0.286. The lowest BCUT2D eigenvalue weighted by Crippen LogP contribution is -2.48. The van der Waals surface area contributed by atoms with Crippen LogP contribution >= 0.6 is 35.6 Å². The molecule has 0 saturated carbocycles. The number of hydrogen-bond donors (Lipinski definition) is 2. The van der Waals surface area contributed by atoms with Gasteiger partial charge in [-0.15, -0.1) is 12.4 Å². The molecule has 0 radical (unpaired) electrons. The first-order valence-corrected chi connectivity index (χ1v) is 7.39. The molecule has 22 heavy (non-hydrogen) atoms. The van der Waals surface area contributed by atoms with E-state index in [1.807, 2.05) is 0 Å². The van der Waals surface area contributed by atoms with Crippen LogP contribution in [0.2, 0.25) is 10.0 Å². The highest BCUT2D eigenvalue weighted by atomic mass is 35.5. The zero-order valence-corrected chi connectivity index (χ0v) is 13.9. The maximum absolute atomic E-state index is 12.0. The number of aromatic nitrogens is 2. The van der Waals surface area contributed by atoms with Gasteiger partial charge in [0, 0.05) is 31.7 Å². The first-order chi connectivity index (χ1) is 10.1. The summed E-state index contributed by atoms with van der Waals surface area (Å²) in [5.74, 6) is 0.354. The van der Waals surface area contributed by atoms with Gasteiger partial charge in [0.25, 0.3) is 5.91 Å². The summed E-state index contributed by atoms with van der Waals surface area (Å²) in [7, 11) is 0. The SMILES string of the molecule is Cl.O=C(NCC1CNC1)c1ccn(-c2ccc(Cl)c(Cl)c2)n1. The van der Waals surface area contributed by atoms with Crippen molar-refractivity contribution in [1.82, 2.24) is 20.4 Å². The molecule has 0 bridgehead atoms. The quantitative estimate of drug-likeness (QED) is 0.880. The van der Waals surface area contributed by atoms with Gasteiger partial charge < -0.3 is 10.6 Å². The van der Waals surface area contributed by atoms with Crippen LogP contribution in [0.1, 0.15) is 10.5 Å². The zero-order chi connectivity index (χ0) is 14.8. The van der Waals surface area contributed by atoms with E-state index in [0.717, 1.165) is 18.8 Å². The van der Waals surface area contributed by atoms with Crippen molar-refractivity contribution in [3.05, 3.63) is 46.2 Å². The van der Waals surface area contributed by atoms with Crippen molar-refractivity contribution in [2.45, 2.75) is 0 Å². The molecule has 0 unspecified atom stereocenters. The summed E-state index contributed by atoms with van der Waals surface area (Å²) in [6.07, 6.45) is 1.72. The summed E-state index contributed by atoms with van der Waals surface area (Å²) in [5.41, 5.74) is 1.14. The van der Waals surface area contributed by atoms with Gasteiger partial charge >= 0.3 is 0 Å². The molecule has 2 N–H and O–H groups in total. The Bertz CT molecular complexity index is 670. The molecule has 1 aromatic carbocycles. The Balaban J connectivity index is 0.00000176. The summed E-state index contributed by atoms with van der Waals surface area (Å²) in [4.78, 5) is 12.0. The minimum Gasteiger partial charge on any atom is -0.350 e. The minimum absolute atomic E-state index is 0. The second-order valence-electron chi connectivity index (χ2n) is 4.98. The molecule has 1 aliphatic rings. The number of carbonyl (C=O) groups is 1. The Morgan fingerprint density at radius 1 is 1.32 bits per heavy atom. The van der Waals surface area contributed by atoms with Crippen LogP contribution in [0.15, 0.2) is 30.5 Å². The molecule has 1 fully saturated rings. The highest BCUT2D eigenvalue weighted by Crippen LogP contribution is 2.24. The highest BCUT2D eigenvalue weighted by Gasteiger charge is 2.18. The van der Waals surface area contributed by atoms with Crippen molar-refractivity contribution in [3.8, 4) is 5.69 Å². The molecule has 3 rings (SSSR count). The Morgan fingerprint density at radius 3 is 2.73 bits per heavy atom. The van der Waals surface area contributed by atoms with Crippen LogP contribution in [-0.2, 0) is 0 Å². The lowest BCUT2D eigenvalue weighted by atomic mass is 10.0. The summed E-state index contributed by atoms with van der Waals surface area (Å²) in [6.45, 7) is 2.58. The molecule has 118 valence electrons. The second-order valence-corrected chi connectivity index (χ2v) is 5.79. The lowest BCUT2D eigenvalue weighted by Gasteiger charge is -2.26. The van der Waals surface area contributed by atoms with Gasteiger partial charge in [-0.1, -0.05) is 23.2 Å². The number of rotatable bonds is 4. The molecule has 2 aromatic rings. The molecular weight excluding hydrogens is 347 g/mol. The van der Waals surface area contributed by atoms with Gasteiger partial charge in [-0.3, -0.25) is 4.79 Å². The van der Waals surface area contributed by atoms with Gasteiger partial charge in [0.05, 0.1) is 15.7 Å². The van der Waals surface area contributed by atoms with Crippen LogP contribution in [-0.4, -0.2) is 35.3 Å². The van der Waals surface area contributed by atoms with Crippen LogP contribution in [0, 0.1) is 5.92 Å². The second kappa shape index (κ2) is 7.33. The summed E-state index contributed by atoms with van der Waals surface area (Å²) in [5, 5.41) is 11.2. The highest BCUT2D eigenvalue weighted by molar-refractivity contribution is 6.42. The lowest BCUT2D eigenvalue weighted by molar-refractivity contribution is 0.0937. The average Bonchev–Trinajstić information content (AvgIpc) is 2.89. The van der Waals surface area contributed by atoms with E-state index in [0.29, 0.717) is 28.2 Å². The van der Waals surface area contributed by atoms with Crippen molar-refractivity contribution < 1.29 is 4.79 Å². The Labute approximate surface area is 144 Å². The Morgan fingerprint density at radius 2 is 2.09 bits per heavy atom. The number of halogens is 3. The monoisotopic (exact) mass is 360 g/mol. The normalized spacial score (nSPS) is 14.1. The molecule has 0 spiro atoms. The van der Waals surface area contributed by atoms with Crippen LogP contribution < -0.4 is 10.6 Å². The molecular formula is C14H15Cl3N4O. The summed E-state index contributed by atoms with van der Waals surface area (Å²) < 4.78 is 1.60. The predicted molar refractivity (Wildman–Crippen MR) is 89.5 cm³/mol. The van der Waals surface area contributed by atoms with E-state index >= 15 is 0 Å². The van der Waals surface area contributed by atoms with E-state index in [4.69, 9.17) is 23.2 Å². The number of nitrogens with one attached hydrogen (secondary N) is 2. The zero-order valence-electron chi connectivity index (χ0n) is 11.6. The molecule has 2 heterocycles. The van der Waals surface area contributed by atoms with Gasteiger partial charge in [0.15, 0.2) is 5.69 Å². The van der Waals surface area contributed by atoms with E-state index in [-0.39, 0.29) is 18.3 Å². The van der Waals surface area contributed by atoms with Crippen molar-refractivity contribution in [1.29, 1.82) is 0 Å². The molecule has 0 atom stereocenters. The minimum atomic E-state index is -0.166. The van der Waals surface area contributed by atoms with E-state index in [9.17, 15) is 4.79 Å². The topological polar surface area (TPSA) is 59.0 Å². The van der Waals surface area contributed by atoms with Crippen LogP contribution in [0.4, 0.5) is 0 Å². The van der Waals surface area contributed by atoms with Gasteiger partial charge in [0.2, 0.25) is 0 Å². The van der Waals surface area contributed by atoms with Gasteiger partial charge in [0.1, 0.15) is 0 Å². The van der Waals surface area contributed by atoms with Crippen LogP contribution in [0.5, 0.6) is 0 Å². The van der Waals surface area contributed by atoms with Gasteiger partial charge in [-0.05, 0) is 24.3 Å². The first-order valence-electron chi connectivity index (χ1n) is 6.63. The molecule has 8 heteroatoms. The fourth-order valence-electron chi connectivity index (χ4n) is 2.04. The van der Waals surface area contributed by atoms with Gasteiger partial charge in [-0.25, -0.2) is 4.68 Å². The Kier molecular flexibility index (Phi) is 5.69. The van der Waals surface area contributed by atoms with Crippen molar-refractivity contribution in [2.24, 2.45) is 5.92 Å². The Hall–Kier alpha value is -1.27. The largest absolute Gasteiger partial charge is 0.350 e. The van der Waals surface area contributed by atoms with E-state index in [2.05, 4.69) is 15.7 Å². The molecule has 1 aromatic heterocycles. The number of benzene rings is 1.